The second-order valence-corrected chi connectivity index (χ2v) is 6.54. The van der Waals surface area contributed by atoms with Gasteiger partial charge in [0.15, 0.2) is 0 Å². The topological polar surface area (TPSA) is 122 Å². The van der Waals surface area contributed by atoms with Crippen molar-refractivity contribution in [3.63, 3.8) is 0 Å². The lowest BCUT2D eigenvalue weighted by atomic mass is 10.1. The quantitative estimate of drug-likeness (QED) is 0.425. The number of nitrogens with two attached hydrogens (primary N) is 1. The molecule has 5 N–H and O–H groups in total. The predicted molar refractivity (Wildman–Crippen MR) is 86.3 cm³/mol. The summed E-state index contributed by atoms with van der Waals surface area (Å²) in [5, 5.41) is 5.77. The molecule has 0 radical (unpaired) electrons. The fraction of sp³-hybridized carbons (Fsp3) is 0.500. The first-order valence-corrected chi connectivity index (χ1v) is 8.56. The van der Waals surface area contributed by atoms with Gasteiger partial charge in [-0.1, -0.05) is 19.8 Å². The van der Waals surface area contributed by atoms with Crippen LogP contribution in [0, 0.1) is 0 Å². The SMILES string of the molecule is CCCCC(CNc1ccc(N)cc1S(=O)(=O)O)NC(C)=O. The lowest BCUT2D eigenvalue weighted by Crippen LogP contribution is -2.38. The standard InChI is InChI=1S/C14H23N3O4S/c1-3-4-5-12(17-10(2)18)9-16-13-7-6-11(15)8-14(13)22(19,20)21/h6-8,12,16H,3-5,9,15H2,1-2H3,(H,17,18)(H,19,20,21). The van der Waals surface area contributed by atoms with E-state index in [1.807, 2.05) is 0 Å². The first-order chi connectivity index (χ1) is 10.2. The van der Waals surface area contributed by atoms with Crippen LogP contribution in [0.15, 0.2) is 23.1 Å². The molecule has 7 nitrogen and oxygen atoms in total. The van der Waals surface area contributed by atoms with E-state index in [2.05, 4.69) is 17.6 Å². The second-order valence-electron chi connectivity index (χ2n) is 5.15. The largest absolute Gasteiger partial charge is 0.399 e. The van der Waals surface area contributed by atoms with Crippen molar-refractivity contribution in [3.8, 4) is 0 Å². The highest BCUT2D eigenvalue weighted by atomic mass is 32.2. The summed E-state index contributed by atoms with van der Waals surface area (Å²) in [6.45, 7) is 3.84. The van der Waals surface area contributed by atoms with Crippen LogP contribution in [0.5, 0.6) is 0 Å². The van der Waals surface area contributed by atoms with Crippen LogP contribution in [-0.4, -0.2) is 31.5 Å². The van der Waals surface area contributed by atoms with Gasteiger partial charge in [-0.05, 0) is 24.6 Å². The first kappa shape index (κ1) is 18.2. The summed E-state index contributed by atoms with van der Waals surface area (Å²) in [6, 6.07) is 4.10. The van der Waals surface area contributed by atoms with E-state index >= 15 is 0 Å². The maximum absolute atomic E-state index is 11.4. The molecular weight excluding hydrogens is 306 g/mol. The molecule has 0 fully saturated rings. The van der Waals surface area contributed by atoms with Crippen LogP contribution in [0.4, 0.5) is 11.4 Å². The van der Waals surface area contributed by atoms with E-state index in [1.54, 1.807) is 0 Å². The Morgan fingerprint density at radius 1 is 1.41 bits per heavy atom. The van der Waals surface area contributed by atoms with E-state index in [9.17, 15) is 17.8 Å². The molecule has 0 saturated carbocycles. The lowest BCUT2D eigenvalue weighted by Gasteiger charge is -2.20. The van der Waals surface area contributed by atoms with Crippen molar-refractivity contribution in [2.24, 2.45) is 0 Å². The van der Waals surface area contributed by atoms with Gasteiger partial charge in [0.1, 0.15) is 4.90 Å². The summed E-state index contributed by atoms with van der Waals surface area (Å²) in [6.07, 6.45) is 2.72. The smallest absolute Gasteiger partial charge is 0.296 e. The molecule has 0 saturated heterocycles. The first-order valence-electron chi connectivity index (χ1n) is 7.12. The minimum Gasteiger partial charge on any atom is -0.399 e. The van der Waals surface area contributed by atoms with Crippen LogP contribution >= 0.6 is 0 Å². The van der Waals surface area contributed by atoms with Crippen molar-refractivity contribution in [1.82, 2.24) is 5.32 Å². The molecule has 0 bridgehead atoms. The Balaban J connectivity index is 2.86. The zero-order valence-electron chi connectivity index (χ0n) is 12.8. The molecule has 0 heterocycles. The van der Waals surface area contributed by atoms with Crippen molar-refractivity contribution in [3.05, 3.63) is 18.2 Å². The highest BCUT2D eigenvalue weighted by Gasteiger charge is 2.17. The number of rotatable bonds is 8. The molecule has 1 atom stereocenters. The Hall–Kier alpha value is -1.80. The molecule has 1 unspecified atom stereocenters. The molecule has 0 spiro atoms. The minimum atomic E-state index is -4.37. The van der Waals surface area contributed by atoms with Gasteiger partial charge in [-0.2, -0.15) is 8.42 Å². The maximum Gasteiger partial charge on any atom is 0.296 e. The highest BCUT2D eigenvalue weighted by molar-refractivity contribution is 7.86. The fourth-order valence-corrected chi connectivity index (χ4v) is 2.80. The summed E-state index contributed by atoms with van der Waals surface area (Å²) in [4.78, 5) is 10.9. The van der Waals surface area contributed by atoms with Gasteiger partial charge in [0.25, 0.3) is 10.1 Å². The van der Waals surface area contributed by atoms with Crippen molar-refractivity contribution < 1.29 is 17.8 Å². The van der Waals surface area contributed by atoms with Crippen LogP contribution < -0.4 is 16.4 Å². The zero-order chi connectivity index (χ0) is 16.8. The average molecular weight is 329 g/mol. The van der Waals surface area contributed by atoms with Crippen molar-refractivity contribution in [2.45, 2.75) is 44.0 Å². The van der Waals surface area contributed by atoms with E-state index in [-0.39, 0.29) is 28.2 Å². The highest BCUT2D eigenvalue weighted by Crippen LogP contribution is 2.23. The molecular formula is C14H23N3O4S. The van der Waals surface area contributed by atoms with E-state index in [4.69, 9.17) is 5.73 Å². The van der Waals surface area contributed by atoms with E-state index in [0.717, 1.165) is 19.3 Å². The molecule has 1 aromatic carbocycles. The number of hydrogen-bond acceptors (Lipinski definition) is 5. The Labute approximate surface area is 131 Å². The summed E-state index contributed by atoms with van der Waals surface area (Å²) >= 11 is 0. The minimum absolute atomic E-state index is 0.121. The molecule has 0 aromatic heterocycles. The molecule has 124 valence electrons. The summed E-state index contributed by atoms with van der Waals surface area (Å²) in [7, 11) is -4.37. The Morgan fingerprint density at radius 2 is 2.09 bits per heavy atom. The number of nitrogen functional groups attached to an aromatic ring is 1. The normalized spacial score (nSPS) is 12.7. The molecule has 0 aliphatic carbocycles. The van der Waals surface area contributed by atoms with Crippen LogP contribution in [0.25, 0.3) is 0 Å². The van der Waals surface area contributed by atoms with Crippen molar-refractivity contribution >= 4 is 27.4 Å². The van der Waals surface area contributed by atoms with Gasteiger partial charge in [0.05, 0.1) is 5.69 Å². The van der Waals surface area contributed by atoms with Crippen LogP contribution in [-0.2, 0) is 14.9 Å². The third-order valence-corrected chi connectivity index (χ3v) is 4.03. The van der Waals surface area contributed by atoms with Crippen molar-refractivity contribution in [1.29, 1.82) is 0 Å². The average Bonchev–Trinajstić information content (AvgIpc) is 2.41. The second kappa shape index (κ2) is 8.00. The zero-order valence-corrected chi connectivity index (χ0v) is 13.6. The van der Waals surface area contributed by atoms with E-state index < -0.39 is 10.1 Å². The Morgan fingerprint density at radius 3 is 2.64 bits per heavy atom. The number of anilines is 2. The molecule has 0 aliphatic heterocycles. The number of unbranched alkanes of at least 4 members (excludes halogenated alkanes) is 1. The molecule has 1 rings (SSSR count). The molecule has 1 aromatic rings. The molecule has 22 heavy (non-hydrogen) atoms. The Kier molecular flexibility index (Phi) is 6.63. The Bertz CT molecular complexity index is 617. The van der Waals surface area contributed by atoms with E-state index in [1.165, 1.54) is 25.1 Å². The number of benzene rings is 1. The fourth-order valence-electron chi connectivity index (χ4n) is 2.09. The third-order valence-electron chi connectivity index (χ3n) is 3.14. The summed E-state index contributed by atoms with van der Waals surface area (Å²) in [5.74, 6) is -0.143. The number of hydrogen-bond donors (Lipinski definition) is 4. The molecule has 0 aliphatic rings. The molecule has 8 heteroatoms. The van der Waals surface area contributed by atoms with Crippen LogP contribution in [0.3, 0.4) is 0 Å². The summed E-state index contributed by atoms with van der Waals surface area (Å²) < 4.78 is 32.0. The number of carbonyl (C=O) groups is 1. The van der Waals surface area contributed by atoms with E-state index in [0.29, 0.717) is 6.54 Å². The maximum atomic E-state index is 11.4. The van der Waals surface area contributed by atoms with Gasteiger partial charge < -0.3 is 16.4 Å². The number of carbonyl (C=O) groups excluding carboxylic acids is 1. The lowest BCUT2D eigenvalue weighted by molar-refractivity contribution is -0.119. The van der Waals surface area contributed by atoms with Gasteiger partial charge in [-0.3, -0.25) is 9.35 Å². The summed E-state index contributed by atoms with van der Waals surface area (Å²) in [5.41, 5.74) is 6.04. The van der Waals surface area contributed by atoms with Gasteiger partial charge in [0, 0.05) is 25.2 Å². The predicted octanol–water partition coefficient (Wildman–Crippen LogP) is 1.62. The van der Waals surface area contributed by atoms with Gasteiger partial charge >= 0.3 is 0 Å². The van der Waals surface area contributed by atoms with Gasteiger partial charge in [-0.15, -0.1) is 0 Å². The van der Waals surface area contributed by atoms with Crippen LogP contribution in [0.2, 0.25) is 0 Å². The molecule has 1 amide bonds. The van der Waals surface area contributed by atoms with Crippen LogP contribution in [0.1, 0.15) is 33.1 Å². The number of nitrogens with one attached hydrogen (secondary N) is 2. The van der Waals surface area contributed by atoms with Gasteiger partial charge in [-0.25, -0.2) is 0 Å². The monoisotopic (exact) mass is 329 g/mol. The van der Waals surface area contributed by atoms with Gasteiger partial charge in [0.2, 0.25) is 5.91 Å². The third kappa shape index (κ3) is 5.90. The van der Waals surface area contributed by atoms with Crippen molar-refractivity contribution in [2.75, 3.05) is 17.6 Å². The number of amides is 1.